The summed E-state index contributed by atoms with van der Waals surface area (Å²) in [5, 5.41) is -0.146. The highest BCUT2D eigenvalue weighted by Gasteiger charge is 2.36. The molecule has 0 radical (unpaired) electrons. The lowest BCUT2D eigenvalue weighted by Crippen LogP contribution is -2.39. The van der Waals surface area contributed by atoms with E-state index < -0.39 is 17.6 Å². The van der Waals surface area contributed by atoms with Crippen molar-refractivity contribution in [3.8, 4) is 5.75 Å². The molecule has 12 heteroatoms. The molecule has 0 bridgehead atoms. The molecule has 0 spiro atoms. The third-order valence-corrected chi connectivity index (χ3v) is 6.68. The molecule has 1 fully saturated rings. The summed E-state index contributed by atoms with van der Waals surface area (Å²) in [6, 6.07) is 1.39. The van der Waals surface area contributed by atoms with Crippen LogP contribution in [0.15, 0.2) is 18.5 Å². The van der Waals surface area contributed by atoms with Gasteiger partial charge in [-0.15, -0.1) is 0 Å². The van der Waals surface area contributed by atoms with Gasteiger partial charge >= 0.3 is 0 Å². The Morgan fingerprint density at radius 3 is 2.68 bits per heavy atom. The van der Waals surface area contributed by atoms with Crippen molar-refractivity contribution in [3.63, 3.8) is 0 Å². The van der Waals surface area contributed by atoms with E-state index in [1.54, 1.807) is 24.4 Å². The largest absolute Gasteiger partial charge is 0.490 e. The Bertz CT molecular complexity index is 1270. The van der Waals surface area contributed by atoms with Crippen LogP contribution in [0.4, 0.5) is 10.2 Å². The Morgan fingerprint density at radius 2 is 2.03 bits per heavy atom. The molecule has 204 valence electrons. The van der Waals surface area contributed by atoms with Crippen molar-refractivity contribution < 1.29 is 18.7 Å². The number of carbonyl (C=O) groups excluding carboxylic acids is 1. The molecule has 1 aliphatic heterocycles. The maximum absolute atomic E-state index is 15.5. The van der Waals surface area contributed by atoms with Gasteiger partial charge in [0.25, 0.3) is 5.91 Å². The summed E-state index contributed by atoms with van der Waals surface area (Å²) >= 11 is 6.37. The van der Waals surface area contributed by atoms with Crippen molar-refractivity contribution in [2.45, 2.75) is 58.6 Å². The summed E-state index contributed by atoms with van der Waals surface area (Å²) in [5.41, 5.74) is 7.92. The molecular weight excluding hydrogens is 537 g/mol. The fourth-order valence-corrected chi connectivity index (χ4v) is 5.04. The highest BCUT2D eigenvalue weighted by Crippen LogP contribution is 2.41. The fourth-order valence-electron chi connectivity index (χ4n) is 4.83. The lowest BCUT2D eigenvalue weighted by atomic mass is 9.95. The molecule has 0 saturated carbocycles. The Hall–Kier alpha value is -2.21. The smallest absolute Gasteiger partial charge is 0.261 e. The zero-order valence-corrected chi connectivity index (χ0v) is 24.4. The summed E-state index contributed by atoms with van der Waals surface area (Å²) in [7, 11) is 1.59. The molecule has 1 saturated heterocycles. The van der Waals surface area contributed by atoms with E-state index in [0.717, 1.165) is 12.8 Å². The molecular formula is C25H35ClFN5O3S2. The first-order chi connectivity index (χ1) is 16.6. The number of methoxy groups -OCH3 is 1. The molecule has 1 aliphatic rings. The second-order valence-corrected chi connectivity index (χ2v) is 9.60. The number of nitrogens with two attached hydrogens (primary N) is 1. The van der Waals surface area contributed by atoms with E-state index in [1.807, 2.05) is 32.1 Å². The number of aryl methyl sites for hydroxylation is 1. The number of ether oxygens (including phenoxy) is 2. The third kappa shape index (κ3) is 5.79. The van der Waals surface area contributed by atoms with Gasteiger partial charge in [0.2, 0.25) is 0 Å². The monoisotopic (exact) mass is 571 g/mol. The standard InChI is InChI=1S/C25H31ClFN5O3.2H2S/c1-13(2)35-22-17(14(3)24-30-15(4)21-23(28)29-8-10-32(21)24)11-18(26)20(27)19(22)25(33)31-9-6-7-16(31)12-34-5;;/h8,10-11,13-14,16H,6-7,9,12H2,1-5H3,(H2,28,29);2*1H2/t14-,16-;;/m0../s1. The number of hydrogen-bond acceptors (Lipinski definition) is 6. The number of anilines is 1. The van der Waals surface area contributed by atoms with Gasteiger partial charge in [0.05, 0.1) is 29.5 Å². The second-order valence-electron chi connectivity index (χ2n) is 9.19. The molecule has 0 aliphatic carbocycles. The van der Waals surface area contributed by atoms with Crippen LogP contribution in [0.3, 0.4) is 0 Å². The number of nitrogens with zero attached hydrogens (tertiary/aromatic N) is 4. The Labute approximate surface area is 235 Å². The van der Waals surface area contributed by atoms with Crippen LogP contribution in [-0.2, 0) is 4.74 Å². The first-order valence-electron chi connectivity index (χ1n) is 11.7. The van der Waals surface area contributed by atoms with Gasteiger partial charge in [-0.05, 0) is 39.7 Å². The van der Waals surface area contributed by atoms with E-state index in [4.69, 9.17) is 31.8 Å². The Morgan fingerprint density at radius 1 is 1.32 bits per heavy atom. The topological polar surface area (TPSA) is 95.0 Å². The second kappa shape index (κ2) is 12.6. The number of amides is 1. The van der Waals surface area contributed by atoms with E-state index in [0.29, 0.717) is 41.6 Å². The van der Waals surface area contributed by atoms with Crippen LogP contribution in [0, 0.1) is 12.7 Å². The number of nitrogen functional groups attached to an aromatic ring is 1. The summed E-state index contributed by atoms with van der Waals surface area (Å²) in [6.07, 6.45) is 4.68. The lowest BCUT2D eigenvalue weighted by molar-refractivity contribution is 0.0620. The average molecular weight is 572 g/mol. The first-order valence-corrected chi connectivity index (χ1v) is 12.1. The minimum Gasteiger partial charge on any atom is -0.490 e. The van der Waals surface area contributed by atoms with Crippen molar-refractivity contribution in [1.29, 1.82) is 0 Å². The zero-order chi connectivity index (χ0) is 25.4. The van der Waals surface area contributed by atoms with Crippen LogP contribution < -0.4 is 10.5 Å². The molecule has 37 heavy (non-hydrogen) atoms. The van der Waals surface area contributed by atoms with Crippen molar-refractivity contribution in [3.05, 3.63) is 51.9 Å². The number of imidazole rings is 1. The summed E-state index contributed by atoms with van der Waals surface area (Å²) in [5.74, 6) is -0.445. The van der Waals surface area contributed by atoms with Crippen LogP contribution in [0.2, 0.25) is 5.02 Å². The summed E-state index contributed by atoms with van der Waals surface area (Å²) < 4.78 is 28.8. The molecule has 2 aromatic heterocycles. The highest BCUT2D eigenvalue weighted by molar-refractivity contribution is 7.59. The van der Waals surface area contributed by atoms with Crippen LogP contribution >= 0.6 is 38.6 Å². The summed E-state index contributed by atoms with van der Waals surface area (Å²) in [6.45, 7) is 8.33. The lowest BCUT2D eigenvalue weighted by Gasteiger charge is -2.27. The number of hydrogen-bond donors (Lipinski definition) is 1. The van der Waals surface area contributed by atoms with Crippen LogP contribution in [0.5, 0.6) is 5.75 Å². The first kappa shape index (κ1) is 31.0. The number of rotatable bonds is 7. The van der Waals surface area contributed by atoms with Crippen molar-refractivity contribution in [2.24, 2.45) is 0 Å². The minimum atomic E-state index is -0.788. The molecule has 1 amide bonds. The molecule has 8 nitrogen and oxygen atoms in total. The van der Waals surface area contributed by atoms with E-state index in [9.17, 15) is 4.79 Å². The van der Waals surface area contributed by atoms with Gasteiger partial charge in [-0.25, -0.2) is 14.4 Å². The van der Waals surface area contributed by atoms with Gasteiger partial charge in [-0.3, -0.25) is 9.20 Å². The van der Waals surface area contributed by atoms with Gasteiger partial charge in [-0.2, -0.15) is 27.0 Å². The molecule has 3 aromatic rings. The number of aromatic nitrogens is 3. The van der Waals surface area contributed by atoms with Gasteiger partial charge in [0.1, 0.15) is 28.5 Å². The van der Waals surface area contributed by atoms with E-state index in [2.05, 4.69) is 4.98 Å². The number of benzene rings is 1. The highest BCUT2D eigenvalue weighted by atomic mass is 35.5. The van der Waals surface area contributed by atoms with Crippen molar-refractivity contribution in [2.75, 3.05) is 26.0 Å². The molecule has 1 aromatic carbocycles. The quantitative estimate of drug-likeness (QED) is 0.436. The molecule has 2 atom stereocenters. The molecule has 4 rings (SSSR count). The number of fused-ring (bicyclic) bond motifs is 1. The van der Waals surface area contributed by atoms with Crippen molar-refractivity contribution >= 4 is 55.8 Å². The van der Waals surface area contributed by atoms with E-state index in [1.165, 1.54) is 6.07 Å². The van der Waals surface area contributed by atoms with Gasteiger partial charge in [0.15, 0.2) is 5.82 Å². The maximum atomic E-state index is 15.5. The normalized spacial score (nSPS) is 16.0. The van der Waals surface area contributed by atoms with Gasteiger partial charge < -0.3 is 20.1 Å². The zero-order valence-electron chi connectivity index (χ0n) is 21.6. The van der Waals surface area contributed by atoms with Gasteiger partial charge in [0, 0.05) is 37.5 Å². The van der Waals surface area contributed by atoms with Crippen LogP contribution in [0.25, 0.3) is 5.52 Å². The van der Waals surface area contributed by atoms with E-state index in [-0.39, 0.29) is 55.5 Å². The van der Waals surface area contributed by atoms with Gasteiger partial charge in [-0.1, -0.05) is 18.5 Å². The fraction of sp³-hybridized carbons (Fsp3) is 0.480. The minimum absolute atomic E-state index is 0. The van der Waals surface area contributed by atoms with Crippen molar-refractivity contribution in [1.82, 2.24) is 19.3 Å². The molecule has 2 N–H and O–H groups in total. The third-order valence-electron chi connectivity index (χ3n) is 6.40. The van der Waals surface area contributed by atoms with Crippen LogP contribution in [-0.4, -0.2) is 57.6 Å². The average Bonchev–Trinajstić information content (AvgIpc) is 3.40. The number of halogens is 2. The van der Waals surface area contributed by atoms with E-state index >= 15 is 4.39 Å². The molecule has 0 unspecified atom stereocenters. The maximum Gasteiger partial charge on any atom is 0.261 e. The molecule has 3 heterocycles. The van der Waals surface area contributed by atoms with Crippen LogP contribution in [0.1, 0.15) is 67.0 Å². The predicted octanol–water partition coefficient (Wildman–Crippen LogP) is 4.83. The SMILES string of the molecule is COC[C@@H]1CCCN1C(=O)c1c(F)c(Cl)cc([C@H](C)c2nc(C)c3c(N)nccn23)c1OC(C)C.S.S. The Kier molecular flexibility index (Phi) is 10.5. The number of carbonyl (C=O) groups is 1. The number of likely N-dealkylation sites (tertiary alicyclic amines) is 1. The predicted molar refractivity (Wildman–Crippen MR) is 154 cm³/mol. The Balaban J connectivity index is 0.00000241. The summed E-state index contributed by atoms with van der Waals surface area (Å²) in [4.78, 5) is 24.3.